The Morgan fingerprint density at radius 3 is 2.33 bits per heavy atom. The predicted molar refractivity (Wildman–Crippen MR) is 67.0 cm³/mol. The molecule has 21 heavy (non-hydrogen) atoms. The summed E-state index contributed by atoms with van der Waals surface area (Å²) < 4.78 is 56.8. The van der Waals surface area contributed by atoms with E-state index in [0.29, 0.717) is 0 Å². The normalized spacial score (nSPS) is 11.0. The van der Waals surface area contributed by atoms with Gasteiger partial charge in [-0.15, -0.1) is 0 Å². The Kier molecular flexibility index (Phi) is 3.72. The summed E-state index contributed by atoms with van der Waals surface area (Å²) in [7, 11) is 0. The predicted octanol–water partition coefficient (Wildman–Crippen LogP) is 4.09. The first-order valence-corrected chi connectivity index (χ1v) is 5.65. The fourth-order valence-corrected chi connectivity index (χ4v) is 1.66. The molecule has 0 aliphatic carbocycles. The van der Waals surface area contributed by atoms with Gasteiger partial charge in [-0.05, 0) is 36.4 Å². The number of nitrogen functional groups attached to an aromatic ring is 1. The highest BCUT2D eigenvalue weighted by Gasteiger charge is 2.35. The number of alkyl halides is 3. The Hall–Kier alpha value is -2.75. The standard InChI is InChI=1S/C14H8F4N2O/c15-9-1-3-12(8(5-9)7-19)21-13-4-2-10(20)6-11(13)14(16,17)18/h1-6H,20H2. The van der Waals surface area contributed by atoms with E-state index in [1.807, 2.05) is 0 Å². The lowest BCUT2D eigenvalue weighted by Gasteiger charge is -2.15. The van der Waals surface area contributed by atoms with Gasteiger partial charge < -0.3 is 10.5 Å². The topological polar surface area (TPSA) is 59.0 Å². The van der Waals surface area contributed by atoms with Gasteiger partial charge in [0.15, 0.2) is 0 Å². The number of nitrogens with zero attached hydrogens (tertiary/aromatic N) is 1. The zero-order valence-corrected chi connectivity index (χ0v) is 10.4. The van der Waals surface area contributed by atoms with E-state index < -0.39 is 23.3 Å². The molecule has 2 N–H and O–H groups in total. The van der Waals surface area contributed by atoms with Gasteiger partial charge in [0.2, 0.25) is 0 Å². The van der Waals surface area contributed by atoms with E-state index in [2.05, 4.69) is 0 Å². The third-order valence-corrected chi connectivity index (χ3v) is 2.59. The number of nitriles is 1. The lowest BCUT2D eigenvalue weighted by atomic mass is 10.1. The average molecular weight is 296 g/mol. The lowest BCUT2D eigenvalue weighted by Crippen LogP contribution is -2.08. The first-order chi connectivity index (χ1) is 9.81. The van der Waals surface area contributed by atoms with Crippen LogP contribution in [0.2, 0.25) is 0 Å². The van der Waals surface area contributed by atoms with E-state index >= 15 is 0 Å². The van der Waals surface area contributed by atoms with Crippen molar-refractivity contribution in [3.8, 4) is 17.6 Å². The minimum Gasteiger partial charge on any atom is -0.455 e. The van der Waals surface area contributed by atoms with Gasteiger partial charge >= 0.3 is 6.18 Å². The van der Waals surface area contributed by atoms with Crippen LogP contribution in [0.3, 0.4) is 0 Å². The van der Waals surface area contributed by atoms with Crippen LogP contribution in [0.15, 0.2) is 36.4 Å². The van der Waals surface area contributed by atoms with Gasteiger partial charge in [-0.2, -0.15) is 18.4 Å². The van der Waals surface area contributed by atoms with Crippen LogP contribution in [-0.4, -0.2) is 0 Å². The largest absolute Gasteiger partial charge is 0.455 e. The molecule has 0 fully saturated rings. The highest BCUT2D eigenvalue weighted by molar-refractivity contribution is 5.52. The lowest BCUT2D eigenvalue weighted by molar-refractivity contribution is -0.138. The minimum absolute atomic E-state index is 0.0747. The second kappa shape index (κ2) is 5.32. The summed E-state index contributed by atoms with van der Waals surface area (Å²) in [6.45, 7) is 0. The zero-order chi connectivity index (χ0) is 15.6. The zero-order valence-electron chi connectivity index (χ0n) is 10.4. The van der Waals surface area contributed by atoms with Crippen LogP contribution < -0.4 is 10.5 Å². The van der Waals surface area contributed by atoms with E-state index in [1.165, 1.54) is 6.07 Å². The van der Waals surface area contributed by atoms with Crippen molar-refractivity contribution in [2.24, 2.45) is 0 Å². The molecule has 2 aromatic carbocycles. The SMILES string of the molecule is N#Cc1cc(F)ccc1Oc1ccc(N)cc1C(F)(F)F. The fraction of sp³-hybridized carbons (Fsp3) is 0.0714. The van der Waals surface area contributed by atoms with Crippen LogP contribution in [0.5, 0.6) is 11.5 Å². The van der Waals surface area contributed by atoms with E-state index in [4.69, 9.17) is 15.7 Å². The monoisotopic (exact) mass is 296 g/mol. The maximum atomic E-state index is 13.0. The number of nitrogens with two attached hydrogens (primary N) is 1. The second-order valence-electron chi connectivity index (χ2n) is 4.11. The first kappa shape index (κ1) is 14.7. The third-order valence-electron chi connectivity index (χ3n) is 2.59. The molecule has 2 rings (SSSR count). The Bertz CT molecular complexity index is 720. The van der Waals surface area contributed by atoms with E-state index in [9.17, 15) is 17.6 Å². The number of rotatable bonds is 2. The molecule has 0 amide bonds. The Morgan fingerprint density at radius 1 is 1.05 bits per heavy atom. The van der Waals surface area contributed by atoms with Crippen LogP contribution >= 0.6 is 0 Å². The van der Waals surface area contributed by atoms with Crippen molar-refractivity contribution in [3.05, 3.63) is 53.3 Å². The number of ether oxygens (including phenoxy) is 1. The van der Waals surface area contributed by atoms with Crippen LogP contribution in [0.25, 0.3) is 0 Å². The van der Waals surface area contributed by atoms with Gasteiger partial charge in [-0.1, -0.05) is 0 Å². The molecule has 0 heterocycles. The number of anilines is 1. The summed E-state index contributed by atoms with van der Waals surface area (Å²) in [6.07, 6.45) is -4.67. The molecule has 0 saturated carbocycles. The van der Waals surface area contributed by atoms with Crippen molar-refractivity contribution in [2.75, 3.05) is 5.73 Å². The third kappa shape index (κ3) is 3.23. The molecule has 0 bridgehead atoms. The van der Waals surface area contributed by atoms with Crippen LogP contribution in [0.4, 0.5) is 23.2 Å². The van der Waals surface area contributed by atoms with E-state index in [-0.39, 0.29) is 17.0 Å². The molecule has 0 aromatic heterocycles. The van der Waals surface area contributed by atoms with Crippen LogP contribution in [-0.2, 0) is 6.18 Å². The van der Waals surface area contributed by atoms with Crippen molar-refractivity contribution in [3.63, 3.8) is 0 Å². The van der Waals surface area contributed by atoms with Gasteiger partial charge in [-0.3, -0.25) is 0 Å². The molecule has 0 radical (unpaired) electrons. The summed E-state index contributed by atoms with van der Waals surface area (Å²) in [5.74, 6) is -1.37. The molecule has 7 heteroatoms. The Morgan fingerprint density at radius 2 is 1.71 bits per heavy atom. The number of hydrogen-bond acceptors (Lipinski definition) is 3. The quantitative estimate of drug-likeness (QED) is 0.670. The summed E-state index contributed by atoms with van der Waals surface area (Å²) in [5, 5.41) is 8.86. The van der Waals surface area contributed by atoms with Crippen molar-refractivity contribution in [1.82, 2.24) is 0 Å². The van der Waals surface area contributed by atoms with Crippen molar-refractivity contribution in [2.45, 2.75) is 6.18 Å². The maximum absolute atomic E-state index is 13.0. The molecule has 0 aliphatic rings. The highest BCUT2D eigenvalue weighted by Crippen LogP contribution is 2.39. The molecule has 108 valence electrons. The highest BCUT2D eigenvalue weighted by atomic mass is 19.4. The van der Waals surface area contributed by atoms with Gasteiger partial charge in [0.25, 0.3) is 0 Å². The number of hydrogen-bond donors (Lipinski definition) is 1. The smallest absolute Gasteiger partial charge is 0.420 e. The number of benzene rings is 2. The first-order valence-electron chi connectivity index (χ1n) is 5.65. The molecular weight excluding hydrogens is 288 g/mol. The summed E-state index contributed by atoms with van der Waals surface area (Å²) >= 11 is 0. The molecule has 0 atom stereocenters. The second-order valence-corrected chi connectivity index (χ2v) is 4.11. The van der Waals surface area contributed by atoms with Crippen molar-refractivity contribution in [1.29, 1.82) is 5.26 Å². The van der Waals surface area contributed by atoms with Crippen LogP contribution in [0.1, 0.15) is 11.1 Å². The summed E-state index contributed by atoms with van der Waals surface area (Å²) in [6, 6.07) is 7.61. The van der Waals surface area contributed by atoms with Gasteiger partial charge in [-0.25, -0.2) is 4.39 Å². The Balaban J connectivity index is 2.48. The molecule has 0 saturated heterocycles. The molecule has 2 aromatic rings. The van der Waals surface area contributed by atoms with Gasteiger partial charge in [0.05, 0.1) is 5.56 Å². The fourth-order valence-electron chi connectivity index (χ4n) is 1.66. The number of halogens is 4. The molecular formula is C14H8F4N2O. The summed E-state index contributed by atoms with van der Waals surface area (Å²) in [4.78, 5) is 0. The molecule has 0 unspecified atom stereocenters. The Labute approximate surface area is 117 Å². The van der Waals surface area contributed by atoms with Gasteiger partial charge in [0, 0.05) is 5.69 Å². The van der Waals surface area contributed by atoms with Crippen molar-refractivity contribution < 1.29 is 22.3 Å². The van der Waals surface area contributed by atoms with Crippen LogP contribution in [0, 0.1) is 17.1 Å². The van der Waals surface area contributed by atoms with Gasteiger partial charge in [0.1, 0.15) is 28.9 Å². The van der Waals surface area contributed by atoms with E-state index in [0.717, 1.165) is 30.3 Å². The minimum atomic E-state index is -4.67. The van der Waals surface area contributed by atoms with E-state index in [1.54, 1.807) is 6.07 Å². The maximum Gasteiger partial charge on any atom is 0.420 e. The van der Waals surface area contributed by atoms with Crippen molar-refractivity contribution >= 4 is 5.69 Å². The molecule has 0 spiro atoms. The molecule has 0 aliphatic heterocycles. The average Bonchev–Trinajstić information content (AvgIpc) is 2.41. The summed E-state index contributed by atoms with van der Waals surface area (Å²) in [5.41, 5.74) is 3.98. The molecule has 3 nitrogen and oxygen atoms in total.